The van der Waals surface area contributed by atoms with Gasteiger partial charge in [0.05, 0.1) is 5.71 Å². The van der Waals surface area contributed by atoms with E-state index in [4.69, 9.17) is 22.0 Å². The topological polar surface area (TPSA) is 100 Å². The second-order valence-electron chi connectivity index (χ2n) is 12.1. The average molecular weight is 680 g/mol. The smallest absolute Gasteiger partial charge is 0.143 e. The van der Waals surface area contributed by atoms with Gasteiger partial charge in [-0.3, -0.25) is 10.4 Å². The first kappa shape index (κ1) is 33.2. The van der Waals surface area contributed by atoms with Crippen LogP contribution in [-0.2, 0) is 0 Å². The molecule has 0 spiro atoms. The Morgan fingerprint density at radius 2 is 1.06 bits per heavy atom. The highest BCUT2D eigenvalue weighted by atomic mass is 32.1. The maximum Gasteiger partial charge on any atom is 0.143 e. The zero-order valence-electron chi connectivity index (χ0n) is 27.9. The number of thiophene rings is 1. The number of benzene rings is 7. The number of nitrogens with one attached hydrogen (secondary N) is 2. The van der Waals surface area contributed by atoms with Crippen molar-refractivity contribution >= 4 is 48.7 Å². The van der Waals surface area contributed by atoms with Gasteiger partial charge in [0.15, 0.2) is 0 Å². The van der Waals surface area contributed by atoms with Crippen molar-refractivity contribution in [1.82, 2.24) is 5.43 Å². The van der Waals surface area contributed by atoms with Crippen LogP contribution in [0.5, 0.6) is 0 Å². The lowest BCUT2D eigenvalue weighted by molar-refractivity contribution is 0.852. The van der Waals surface area contributed by atoms with Crippen LogP contribution < -0.4 is 17.0 Å². The summed E-state index contributed by atoms with van der Waals surface area (Å²) in [5, 5.41) is 11.3. The number of rotatable bonds is 7. The van der Waals surface area contributed by atoms with Gasteiger partial charge in [0.2, 0.25) is 0 Å². The second kappa shape index (κ2) is 15.5. The summed E-state index contributed by atoms with van der Waals surface area (Å²) in [6.07, 6.45) is 0. The van der Waals surface area contributed by atoms with Crippen LogP contribution in [0, 0.1) is 5.41 Å². The summed E-state index contributed by atoms with van der Waals surface area (Å²) in [6, 6.07) is 60.8. The zero-order valence-corrected chi connectivity index (χ0v) is 28.7. The third-order valence-electron chi connectivity index (χ3n) is 8.71. The molecule has 0 fully saturated rings. The molecule has 1 aromatic heterocycles. The molecule has 6 N–H and O–H groups in total. The molecule has 7 aromatic carbocycles. The van der Waals surface area contributed by atoms with Gasteiger partial charge in [0.1, 0.15) is 11.9 Å². The quantitative estimate of drug-likeness (QED) is 0.0443. The molecular formula is C45H37N5S. The highest BCUT2D eigenvalue weighted by molar-refractivity contribution is 7.25. The Balaban J connectivity index is 0.000000239. The Morgan fingerprint density at radius 3 is 1.71 bits per heavy atom. The van der Waals surface area contributed by atoms with Crippen molar-refractivity contribution in [3.63, 3.8) is 0 Å². The number of nitrogen functional groups attached to an aromatic ring is 1. The van der Waals surface area contributed by atoms with E-state index in [1.807, 2.05) is 103 Å². The van der Waals surface area contributed by atoms with E-state index in [1.54, 1.807) is 11.3 Å². The normalized spacial score (nSPS) is 11.3. The summed E-state index contributed by atoms with van der Waals surface area (Å²) in [5.74, 6) is 6.62. The van der Waals surface area contributed by atoms with Gasteiger partial charge in [-0.2, -0.15) is 0 Å². The lowest BCUT2D eigenvalue weighted by Crippen LogP contribution is -2.31. The van der Waals surface area contributed by atoms with Gasteiger partial charge >= 0.3 is 0 Å². The number of nitrogens with zero attached hydrogens (tertiary/aromatic N) is 1. The molecule has 1 heterocycles. The number of hydrogen-bond acceptors (Lipinski definition) is 5. The Kier molecular flexibility index (Phi) is 10.1. The minimum absolute atomic E-state index is 0.202. The lowest BCUT2D eigenvalue weighted by atomic mass is 9.96. The van der Waals surface area contributed by atoms with Crippen molar-refractivity contribution < 1.29 is 0 Å². The van der Waals surface area contributed by atoms with Gasteiger partial charge in [0, 0.05) is 37.0 Å². The van der Waals surface area contributed by atoms with Gasteiger partial charge in [-0.25, -0.2) is 5.84 Å². The number of aliphatic imine (C=N–C) groups is 1. The van der Waals surface area contributed by atoms with Crippen LogP contribution in [0.1, 0.15) is 33.9 Å². The van der Waals surface area contributed by atoms with Crippen LogP contribution in [0.4, 0.5) is 5.69 Å². The molecule has 51 heavy (non-hydrogen) atoms. The summed E-state index contributed by atoms with van der Waals surface area (Å²) >= 11 is 1.80. The molecule has 0 atom stereocenters. The van der Waals surface area contributed by atoms with Crippen molar-refractivity contribution in [1.29, 1.82) is 5.41 Å². The standard InChI is InChI=1S/C33H28N4.C12H9NS/c34-31(24-12-4-1-5-13-24)29-20-10-18-27(22-29)28-19-11-21-30(23-28)33(37-35)36-32(25-14-6-2-7-15-25)26-16-8-3-9-17-26;13-8-5-6-10-9-3-1-2-4-11(9)14-12(10)7-8/h1-23,32,34H,35H2,(H,36,37);1-7H,13H2. The van der Waals surface area contributed by atoms with Crippen LogP contribution in [0.15, 0.2) is 187 Å². The minimum Gasteiger partial charge on any atom is -0.399 e. The maximum absolute atomic E-state index is 8.67. The molecule has 248 valence electrons. The number of hydrogen-bond donors (Lipinski definition) is 4. The monoisotopic (exact) mass is 679 g/mol. The highest BCUT2D eigenvalue weighted by Gasteiger charge is 2.15. The third-order valence-corrected chi connectivity index (χ3v) is 9.84. The van der Waals surface area contributed by atoms with E-state index in [0.717, 1.165) is 44.6 Å². The number of fused-ring (bicyclic) bond motifs is 3. The van der Waals surface area contributed by atoms with Gasteiger partial charge in [-0.1, -0.05) is 152 Å². The molecule has 0 unspecified atom stereocenters. The van der Waals surface area contributed by atoms with Gasteiger partial charge in [0.25, 0.3) is 0 Å². The Hall–Kier alpha value is -6.34. The summed E-state index contributed by atoms with van der Waals surface area (Å²) in [4.78, 5) is 5.07. The number of anilines is 1. The van der Waals surface area contributed by atoms with Crippen molar-refractivity contribution in [2.24, 2.45) is 10.8 Å². The van der Waals surface area contributed by atoms with Crippen molar-refractivity contribution in [2.75, 3.05) is 5.73 Å². The Labute approximate surface area is 302 Å². The van der Waals surface area contributed by atoms with E-state index in [1.165, 1.54) is 20.2 Å². The lowest BCUT2D eigenvalue weighted by Gasteiger charge is -2.17. The van der Waals surface area contributed by atoms with Crippen LogP contribution in [0.2, 0.25) is 0 Å². The number of nitrogens with two attached hydrogens (primary N) is 2. The van der Waals surface area contributed by atoms with E-state index < -0.39 is 0 Å². The highest BCUT2D eigenvalue weighted by Crippen LogP contribution is 2.34. The third kappa shape index (κ3) is 7.63. The average Bonchev–Trinajstić information content (AvgIpc) is 3.57. The largest absolute Gasteiger partial charge is 0.399 e. The molecular weight excluding hydrogens is 643 g/mol. The van der Waals surface area contributed by atoms with E-state index >= 15 is 0 Å². The molecule has 8 aromatic rings. The molecule has 8 rings (SSSR count). The van der Waals surface area contributed by atoms with Crippen LogP contribution >= 0.6 is 11.3 Å². The number of amidine groups is 1. The first-order valence-corrected chi connectivity index (χ1v) is 17.6. The van der Waals surface area contributed by atoms with Crippen molar-refractivity contribution in [2.45, 2.75) is 6.04 Å². The van der Waals surface area contributed by atoms with E-state index in [0.29, 0.717) is 11.5 Å². The fraction of sp³-hybridized carbons (Fsp3) is 0.0222. The first-order valence-electron chi connectivity index (χ1n) is 16.7. The van der Waals surface area contributed by atoms with Crippen LogP contribution in [-0.4, -0.2) is 11.5 Å². The predicted octanol–water partition coefficient (Wildman–Crippen LogP) is 10.4. The maximum atomic E-state index is 8.67. The molecule has 0 saturated heterocycles. The SMILES string of the molecule is N=C(c1ccccc1)c1cccc(-c2cccc(C(=NC(c3ccccc3)c3ccccc3)NN)c2)c1.Nc1ccc2c(c1)sc1ccccc12. The van der Waals surface area contributed by atoms with Gasteiger partial charge in [-0.15, -0.1) is 11.3 Å². The van der Waals surface area contributed by atoms with Gasteiger partial charge < -0.3 is 11.2 Å². The van der Waals surface area contributed by atoms with E-state index in [-0.39, 0.29) is 6.04 Å². The number of hydrazine groups is 1. The molecule has 0 saturated carbocycles. The summed E-state index contributed by atoms with van der Waals surface area (Å²) in [7, 11) is 0. The van der Waals surface area contributed by atoms with Crippen LogP contribution in [0.3, 0.4) is 0 Å². The predicted molar refractivity (Wildman–Crippen MR) is 217 cm³/mol. The molecule has 5 nitrogen and oxygen atoms in total. The Bertz CT molecular complexity index is 2400. The minimum atomic E-state index is -0.202. The fourth-order valence-electron chi connectivity index (χ4n) is 6.15. The zero-order chi connectivity index (χ0) is 35.0. The summed E-state index contributed by atoms with van der Waals surface area (Å²) < 4.78 is 2.60. The molecule has 0 radical (unpaired) electrons. The Morgan fingerprint density at radius 1 is 0.529 bits per heavy atom. The van der Waals surface area contributed by atoms with Gasteiger partial charge in [-0.05, 0) is 58.1 Å². The molecule has 0 aliphatic heterocycles. The molecule has 6 heteroatoms. The molecule has 0 bridgehead atoms. The van der Waals surface area contributed by atoms with E-state index in [9.17, 15) is 0 Å². The molecule has 0 aliphatic rings. The second-order valence-corrected chi connectivity index (χ2v) is 13.2. The fourth-order valence-corrected chi connectivity index (χ4v) is 7.31. The van der Waals surface area contributed by atoms with Crippen LogP contribution in [0.25, 0.3) is 31.3 Å². The molecule has 0 amide bonds. The summed E-state index contributed by atoms with van der Waals surface area (Å²) in [6.45, 7) is 0. The van der Waals surface area contributed by atoms with Crippen molar-refractivity contribution in [3.05, 3.63) is 210 Å². The molecule has 0 aliphatic carbocycles. The summed E-state index contributed by atoms with van der Waals surface area (Å²) in [5.41, 5.74) is 16.8. The first-order chi connectivity index (χ1) is 25.1. The van der Waals surface area contributed by atoms with Crippen molar-refractivity contribution in [3.8, 4) is 11.1 Å². The van der Waals surface area contributed by atoms with E-state index in [2.05, 4.69) is 84.3 Å².